The molecule has 2 saturated heterocycles. The summed E-state index contributed by atoms with van der Waals surface area (Å²) in [6.07, 6.45) is -8.75. The number of ether oxygens (including phenoxy) is 2. The van der Waals surface area contributed by atoms with E-state index in [1.165, 1.54) is 35.4 Å². The number of phosphoric ester groups is 1. The zero-order valence-corrected chi connectivity index (χ0v) is 21.4. The van der Waals surface area contributed by atoms with E-state index >= 15 is 0 Å². The number of aliphatic hydroxyl groups is 1. The van der Waals surface area contributed by atoms with E-state index < -0.39 is 68.9 Å². The van der Waals surface area contributed by atoms with Crippen LogP contribution in [-0.2, 0) is 37.2 Å². The molecule has 0 aliphatic carbocycles. The Kier molecular flexibility index (Phi) is 8.71. The number of amides is 1. The number of hydrogen-bond donors (Lipinski definition) is 2. The normalized spacial score (nSPS) is 31.2. The van der Waals surface area contributed by atoms with Gasteiger partial charge in [-0.15, -0.1) is 0 Å². The maximum absolute atomic E-state index is 13.5. The molecule has 214 valence electrons. The molecule has 0 aromatic heterocycles. The lowest BCUT2D eigenvalue weighted by atomic mass is 10.1. The van der Waals surface area contributed by atoms with Gasteiger partial charge in [0, 0.05) is 19.2 Å². The molecule has 39 heavy (non-hydrogen) atoms. The maximum atomic E-state index is 13.5. The van der Waals surface area contributed by atoms with Crippen LogP contribution in [0.15, 0.2) is 42.1 Å². The molecular weight excluding hydrogens is 579 g/mol. The highest BCUT2D eigenvalue weighted by Gasteiger charge is 2.53. The summed E-state index contributed by atoms with van der Waals surface area (Å²) in [5.41, 5.74) is 5.64. The molecule has 3 aliphatic heterocycles. The Hall–Kier alpha value is -2.52. The van der Waals surface area contributed by atoms with Gasteiger partial charge in [-0.2, -0.15) is 13.2 Å². The van der Waals surface area contributed by atoms with E-state index in [9.17, 15) is 36.8 Å². The summed E-state index contributed by atoms with van der Waals surface area (Å²) in [5.74, 6) is -4.09. The Morgan fingerprint density at radius 1 is 1.31 bits per heavy atom. The number of primary amides is 1. The van der Waals surface area contributed by atoms with Gasteiger partial charge in [0.15, 0.2) is 12.3 Å². The van der Waals surface area contributed by atoms with Crippen molar-refractivity contribution in [3.63, 3.8) is 0 Å². The first-order chi connectivity index (χ1) is 18.3. The van der Waals surface area contributed by atoms with E-state index in [4.69, 9.17) is 35.6 Å². The molecule has 1 aromatic rings. The molecule has 0 spiro atoms. The predicted molar refractivity (Wildman–Crippen MR) is 123 cm³/mol. The van der Waals surface area contributed by atoms with Gasteiger partial charge in [-0.3, -0.25) is 18.4 Å². The minimum absolute atomic E-state index is 0.0148. The lowest BCUT2D eigenvalue weighted by molar-refractivity contribution is -0.210. The van der Waals surface area contributed by atoms with Crippen molar-refractivity contribution in [1.29, 1.82) is 0 Å². The summed E-state index contributed by atoms with van der Waals surface area (Å²) in [6, 6.07) is 3.71. The van der Waals surface area contributed by atoms with Crippen molar-refractivity contribution in [3.05, 3.63) is 58.5 Å². The second-order valence-corrected chi connectivity index (χ2v) is 10.6. The SMILES string of the molecule is NC(=O)C1=CN([C@@H]2OC(COP3(=O)OCCC(c4ccc(F)c(Cl)c4)O3)[C@@H](OC(=O)C(F)(F)F)[C@H]2O)CC=C1. The van der Waals surface area contributed by atoms with Gasteiger partial charge < -0.3 is 25.2 Å². The molecule has 6 atom stereocenters. The summed E-state index contributed by atoms with van der Waals surface area (Å²) in [7, 11) is -4.36. The van der Waals surface area contributed by atoms with Crippen LogP contribution in [0, 0.1) is 5.82 Å². The number of rotatable bonds is 7. The lowest BCUT2D eigenvalue weighted by Gasteiger charge is -2.31. The van der Waals surface area contributed by atoms with Gasteiger partial charge in [0.25, 0.3) is 0 Å². The molecule has 4 rings (SSSR count). The van der Waals surface area contributed by atoms with Crippen LogP contribution < -0.4 is 5.73 Å². The number of carbonyl (C=O) groups is 2. The van der Waals surface area contributed by atoms with Gasteiger partial charge in [-0.1, -0.05) is 29.8 Å². The van der Waals surface area contributed by atoms with E-state index in [0.717, 1.165) is 6.07 Å². The number of phosphoric acid groups is 1. The van der Waals surface area contributed by atoms with E-state index in [1.807, 2.05) is 0 Å². The summed E-state index contributed by atoms with van der Waals surface area (Å²) in [4.78, 5) is 24.3. The molecule has 3 aliphatic rings. The van der Waals surface area contributed by atoms with Gasteiger partial charge in [0.05, 0.1) is 29.9 Å². The number of nitrogens with zero attached hydrogens (tertiary/aromatic N) is 1. The minimum Gasteiger partial charge on any atom is -0.450 e. The van der Waals surface area contributed by atoms with Crippen molar-refractivity contribution in [2.75, 3.05) is 19.8 Å². The smallest absolute Gasteiger partial charge is 0.450 e. The number of hydrogen-bond acceptors (Lipinski definition) is 10. The zero-order chi connectivity index (χ0) is 28.5. The van der Waals surface area contributed by atoms with Gasteiger partial charge >= 0.3 is 20.0 Å². The number of esters is 1. The molecular formula is C22H22ClF4N2O9P. The fraction of sp³-hybridized carbons (Fsp3) is 0.455. The molecule has 0 bridgehead atoms. The third-order valence-corrected chi connectivity index (χ3v) is 7.68. The van der Waals surface area contributed by atoms with E-state index in [2.05, 4.69) is 4.74 Å². The largest absolute Gasteiger partial charge is 0.490 e. The number of alkyl halides is 3. The summed E-state index contributed by atoms with van der Waals surface area (Å²) in [5, 5.41) is 10.5. The van der Waals surface area contributed by atoms with Gasteiger partial charge in [-0.25, -0.2) is 13.8 Å². The van der Waals surface area contributed by atoms with E-state index in [-0.39, 0.29) is 30.2 Å². The average molecular weight is 601 g/mol. The Balaban J connectivity index is 1.50. The van der Waals surface area contributed by atoms with Crippen molar-refractivity contribution < 1.29 is 59.9 Å². The topological polar surface area (TPSA) is 147 Å². The van der Waals surface area contributed by atoms with Crippen molar-refractivity contribution in [1.82, 2.24) is 4.90 Å². The highest BCUT2D eigenvalue weighted by molar-refractivity contribution is 7.48. The lowest BCUT2D eigenvalue weighted by Crippen LogP contribution is -2.45. The third-order valence-electron chi connectivity index (χ3n) is 5.91. The fourth-order valence-corrected chi connectivity index (χ4v) is 5.63. The predicted octanol–water partition coefficient (Wildman–Crippen LogP) is 2.88. The molecule has 3 N–H and O–H groups in total. The zero-order valence-electron chi connectivity index (χ0n) is 19.8. The monoisotopic (exact) mass is 600 g/mol. The van der Waals surface area contributed by atoms with Crippen molar-refractivity contribution >= 4 is 31.3 Å². The minimum atomic E-state index is -5.39. The quantitative estimate of drug-likeness (QED) is 0.272. The van der Waals surface area contributed by atoms with E-state index in [0.29, 0.717) is 5.56 Å². The van der Waals surface area contributed by atoms with E-state index in [1.54, 1.807) is 0 Å². The number of carbonyl (C=O) groups excluding carboxylic acids is 2. The maximum Gasteiger partial charge on any atom is 0.490 e. The number of aliphatic hydroxyl groups excluding tert-OH is 1. The summed E-state index contributed by atoms with van der Waals surface area (Å²) in [6.45, 7) is -0.868. The Morgan fingerprint density at radius 3 is 2.72 bits per heavy atom. The van der Waals surface area contributed by atoms with Crippen LogP contribution >= 0.6 is 19.4 Å². The Labute approximate surface area is 223 Å². The van der Waals surface area contributed by atoms with Crippen molar-refractivity contribution in [3.8, 4) is 0 Å². The Bertz CT molecular complexity index is 1230. The van der Waals surface area contributed by atoms with Crippen LogP contribution in [0.5, 0.6) is 0 Å². The Morgan fingerprint density at radius 2 is 2.05 bits per heavy atom. The summed E-state index contributed by atoms with van der Waals surface area (Å²) < 4.78 is 91.4. The van der Waals surface area contributed by atoms with Crippen LogP contribution in [0.3, 0.4) is 0 Å². The van der Waals surface area contributed by atoms with Crippen molar-refractivity contribution in [2.24, 2.45) is 5.73 Å². The third kappa shape index (κ3) is 6.80. The van der Waals surface area contributed by atoms with Crippen LogP contribution in [0.2, 0.25) is 5.02 Å². The molecule has 0 saturated carbocycles. The molecule has 3 unspecified atom stereocenters. The molecule has 3 heterocycles. The van der Waals surface area contributed by atoms with Gasteiger partial charge in [0.2, 0.25) is 5.91 Å². The standard InChI is InChI=1S/C22H22ClF4N2O9P/c23-13-8-11(3-4-14(13)24)15-5-7-34-39(33,38-15)35-10-16-18(37-21(32)22(25,26)27)17(30)20(36-16)29-6-1-2-12(9-29)19(28)31/h1-4,8-9,15-18,20,30H,5-7,10H2,(H2,28,31)/t15?,16?,17-,18-,20-,39?/m1/s1. The van der Waals surface area contributed by atoms with Crippen LogP contribution in [0.25, 0.3) is 0 Å². The van der Waals surface area contributed by atoms with Crippen molar-refractivity contribution in [2.45, 2.75) is 43.2 Å². The highest BCUT2D eigenvalue weighted by Crippen LogP contribution is 2.57. The highest BCUT2D eigenvalue weighted by atomic mass is 35.5. The second-order valence-electron chi connectivity index (χ2n) is 8.60. The number of benzene rings is 1. The first kappa shape index (κ1) is 29.5. The first-order valence-electron chi connectivity index (χ1n) is 11.3. The van der Waals surface area contributed by atoms with Crippen LogP contribution in [0.1, 0.15) is 18.1 Å². The van der Waals surface area contributed by atoms with Gasteiger partial charge in [0.1, 0.15) is 18.0 Å². The molecule has 1 aromatic carbocycles. The van der Waals surface area contributed by atoms with Gasteiger partial charge in [-0.05, 0) is 17.7 Å². The molecule has 2 fully saturated rings. The number of nitrogens with two attached hydrogens (primary N) is 1. The average Bonchev–Trinajstić information content (AvgIpc) is 3.19. The second kappa shape index (κ2) is 11.5. The fourth-order valence-electron chi connectivity index (χ4n) is 4.05. The van der Waals surface area contributed by atoms with Crippen LogP contribution in [0.4, 0.5) is 17.6 Å². The molecule has 11 nitrogen and oxygen atoms in total. The molecule has 0 radical (unpaired) electrons. The first-order valence-corrected chi connectivity index (χ1v) is 13.2. The summed E-state index contributed by atoms with van der Waals surface area (Å²) >= 11 is 5.80. The molecule has 1 amide bonds. The van der Waals surface area contributed by atoms with Crippen LogP contribution in [-0.4, -0.2) is 72.4 Å². The number of halogens is 5. The molecule has 17 heteroatoms.